The van der Waals surface area contributed by atoms with E-state index in [9.17, 15) is 17.6 Å². The molecule has 1 heterocycles. The lowest BCUT2D eigenvalue weighted by Gasteiger charge is -2.40. The summed E-state index contributed by atoms with van der Waals surface area (Å²) in [6.45, 7) is 0.407. The van der Waals surface area contributed by atoms with Crippen LogP contribution in [-0.2, 0) is 20.2 Å². The van der Waals surface area contributed by atoms with E-state index in [2.05, 4.69) is 5.32 Å². The van der Waals surface area contributed by atoms with E-state index in [-0.39, 0.29) is 17.5 Å². The number of rotatable bonds is 4. The van der Waals surface area contributed by atoms with Crippen molar-refractivity contribution in [1.29, 1.82) is 0 Å². The lowest BCUT2D eigenvalue weighted by molar-refractivity contribution is -0.124. The zero-order chi connectivity index (χ0) is 19.9. The van der Waals surface area contributed by atoms with Crippen molar-refractivity contribution in [2.75, 3.05) is 21.9 Å². The van der Waals surface area contributed by atoms with Crippen LogP contribution in [0.5, 0.6) is 0 Å². The molecule has 0 bridgehead atoms. The molecule has 1 amide bonds. The standard InChI is InChI=1S/C20H20ClFN2O3S/c21-17-7-6-16(24-10-3-11-28(24,26)27)13-18(17)23-19(25)20(8-2-9-20)14-4-1-5-15(22)12-14/h1,4-7,12-13H,2-3,8-11H2,(H,23,25). The van der Waals surface area contributed by atoms with Crippen molar-refractivity contribution in [1.82, 2.24) is 0 Å². The molecule has 2 fully saturated rings. The lowest BCUT2D eigenvalue weighted by Crippen LogP contribution is -2.46. The summed E-state index contributed by atoms with van der Waals surface area (Å²) in [7, 11) is -3.33. The summed E-state index contributed by atoms with van der Waals surface area (Å²) in [6.07, 6.45) is 2.69. The van der Waals surface area contributed by atoms with Gasteiger partial charge in [-0.15, -0.1) is 0 Å². The molecule has 28 heavy (non-hydrogen) atoms. The highest BCUT2D eigenvalue weighted by Crippen LogP contribution is 2.45. The van der Waals surface area contributed by atoms with Gasteiger partial charge in [0.05, 0.1) is 27.6 Å². The maximum atomic E-state index is 13.7. The fourth-order valence-electron chi connectivity index (χ4n) is 3.90. The Morgan fingerprint density at radius 3 is 2.54 bits per heavy atom. The summed E-state index contributed by atoms with van der Waals surface area (Å²) in [4.78, 5) is 13.1. The van der Waals surface area contributed by atoms with Crippen LogP contribution in [0.4, 0.5) is 15.8 Å². The van der Waals surface area contributed by atoms with E-state index >= 15 is 0 Å². The molecular formula is C20H20ClFN2O3S. The van der Waals surface area contributed by atoms with Gasteiger partial charge in [-0.1, -0.05) is 30.2 Å². The Morgan fingerprint density at radius 2 is 1.93 bits per heavy atom. The minimum Gasteiger partial charge on any atom is -0.324 e. The molecule has 1 saturated carbocycles. The minimum absolute atomic E-state index is 0.111. The predicted molar refractivity (Wildman–Crippen MR) is 108 cm³/mol. The van der Waals surface area contributed by atoms with E-state index in [4.69, 9.17) is 11.6 Å². The lowest BCUT2D eigenvalue weighted by atomic mass is 9.63. The molecule has 1 N–H and O–H groups in total. The Kier molecular flexibility index (Phi) is 4.83. The minimum atomic E-state index is -3.33. The van der Waals surface area contributed by atoms with Gasteiger partial charge in [0.25, 0.3) is 0 Å². The van der Waals surface area contributed by atoms with Crippen molar-refractivity contribution < 1.29 is 17.6 Å². The van der Waals surface area contributed by atoms with E-state index in [0.29, 0.717) is 47.8 Å². The van der Waals surface area contributed by atoms with Gasteiger partial charge in [0, 0.05) is 6.54 Å². The summed E-state index contributed by atoms with van der Waals surface area (Å²) in [5.74, 6) is -0.525. The number of carbonyl (C=O) groups excluding carboxylic acids is 1. The molecule has 5 nitrogen and oxygen atoms in total. The zero-order valence-electron chi connectivity index (χ0n) is 15.1. The van der Waals surface area contributed by atoms with E-state index in [1.807, 2.05) is 0 Å². The molecule has 1 aliphatic heterocycles. The van der Waals surface area contributed by atoms with Gasteiger partial charge in [-0.25, -0.2) is 12.8 Å². The van der Waals surface area contributed by atoms with Crippen LogP contribution in [-0.4, -0.2) is 26.6 Å². The van der Waals surface area contributed by atoms with Crippen LogP contribution >= 0.6 is 11.6 Å². The van der Waals surface area contributed by atoms with Crippen LogP contribution < -0.4 is 9.62 Å². The average Bonchev–Trinajstić information content (AvgIpc) is 2.95. The van der Waals surface area contributed by atoms with Crippen molar-refractivity contribution in [3.8, 4) is 0 Å². The first kappa shape index (κ1) is 19.2. The van der Waals surface area contributed by atoms with Crippen molar-refractivity contribution in [2.24, 2.45) is 0 Å². The van der Waals surface area contributed by atoms with Gasteiger partial charge < -0.3 is 5.32 Å². The quantitative estimate of drug-likeness (QED) is 0.807. The van der Waals surface area contributed by atoms with Crippen LogP contribution in [0.3, 0.4) is 0 Å². The number of halogens is 2. The van der Waals surface area contributed by atoms with Gasteiger partial charge in [0.1, 0.15) is 5.82 Å². The Hall–Kier alpha value is -2.12. The second-order valence-corrected chi connectivity index (χ2v) is 9.73. The molecule has 8 heteroatoms. The van der Waals surface area contributed by atoms with Crippen molar-refractivity contribution in [2.45, 2.75) is 31.1 Å². The second kappa shape index (κ2) is 7.04. The molecule has 0 atom stereocenters. The molecule has 148 valence electrons. The van der Waals surface area contributed by atoms with Gasteiger partial charge in [-0.2, -0.15) is 0 Å². The molecule has 0 unspecified atom stereocenters. The number of amides is 1. The highest BCUT2D eigenvalue weighted by atomic mass is 35.5. The van der Waals surface area contributed by atoms with Gasteiger partial charge in [0.2, 0.25) is 15.9 Å². The average molecular weight is 423 g/mol. The Morgan fingerprint density at radius 1 is 1.14 bits per heavy atom. The first-order chi connectivity index (χ1) is 13.3. The Balaban J connectivity index is 1.63. The molecule has 0 aromatic heterocycles. The third-order valence-electron chi connectivity index (χ3n) is 5.60. The van der Waals surface area contributed by atoms with Gasteiger partial charge >= 0.3 is 0 Å². The smallest absolute Gasteiger partial charge is 0.235 e. The summed E-state index contributed by atoms with van der Waals surface area (Å²) in [6, 6.07) is 10.9. The van der Waals surface area contributed by atoms with Crippen LogP contribution in [0.2, 0.25) is 5.02 Å². The summed E-state index contributed by atoms with van der Waals surface area (Å²) in [5, 5.41) is 3.17. The van der Waals surface area contributed by atoms with E-state index in [1.54, 1.807) is 30.3 Å². The van der Waals surface area contributed by atoms with Crippen molar-refractivity contribution in [3.05, 3.63) is 58.9 Å². The largest absolute Gasteiger partial charge is 0.324 e. The Bertz CT molecular complexity index is 1040. The summed E-state index contributed by atoms with van der Waals surface area (Å²) < 4.78 is 39.4. The molecule has 0 radical (unpaired) electrons. The van der Waals surface area contributed by atoms with E-state index < -0.39 is 15.4 Å². The number of hydrogen-bond acceptors (Lipinski definition) is 3. The third-order valence-corrected chi connectivity index (χ3v) is 7.80. The maximum absolute atomic E-state index is 13.7. The van der Waals surface area contributed by atoms with Crippen LogP contribution in [0.15, 0.2) is 42.5 Å². The third kappa shape index (κ3) is 3.26. The summed E-state index contributed by atoms with van der Waals surface area (Å²) >= 11 is 6.26. The number of nitrogens with one attached hydrogen (secondary N) is 1. The molecule has 0 spiro atoms. The number of sulfonamides is 1. The maximum Gasteiger partial charge on any atom is 0.235 e. The highest BCUT2D eigenvalue weighted by molar-refractivity contribution is 7.93. The first-order valence-corrected chi connectivity index (χ1v) is 11.2. The fraction of sp³-hybridized carbons (Fsp3) is 0.350. The number of benzene rings is 2. The summed E-state index contributed by atoms with van der Waals surface area (Å²) in [5.41, 5.74) is 0.687. The van der Waals surface area contributed by atoms with Crippen LogP contribution in [0, 0.1) is 5.82 Å². The monoisotopic (exact) mass is 422 g/mol. The zero-order valence-corrected chi connectivity index (χ0v) is 16.7. The van der Waals surface area contributed by atoms with E-state index in [1.165, 1.54) is 16.4 Å². The molecule has 4 rings (SSSR count). The number of carbonyl (C=O) groups is 1. The topological polar surface area (TPSA) is 66.5 Å². The second-order valence-electron chi connectivity index (χ2n) is 7.31. The van der Waals surface area contributed by atoms with Gasteiger partial charge in [0.15, 0.2) is 0 Å². The van der Waals surface area contributed by atoms with Gasteiger partial charge in [-0.3, -0.25) is 9.10 Å². The molecule has 1 saturated heterocycles. The van der Waals surface area contributed by atoms with Crippen molar-refractivity contribution in [3.63, 3.8) is 0 Å². The predicted octanol–water partition coefficient (Wildman–Crippen LogP) is 4.08. The molecule has 2 aliphatic rings. The highest BCUT2D eigenvalue weighted by Gasteiger charge is 2.46. The molecular weight excluding hydrogens is 403 g/mol. The molecule has 1 aliphatic carbocycles. The Labute approximate surface area is 168 Å². The fourth-order valence-corrected chi connectivity index (χ4v) is 5.62. The molecule has 2 aromatic carbocycles. The SMILES string of the molecule is O=C(Nc1cc(N2CCCS2(=O)=O)ccc1Cl)C1(c2cccc(F)c2)CCC1. The van der Waals surface area contributed by atoms with Gasteiger partial charge in [-0.05, 0) is 55.2 Å². The first-order valence-electron chi connectivity index (χ1n) is 9.19. The van der Waals surface area contributed by atoms with Crippen molar-refractivity contribution >= 4 is 38.9 Å². The van der Waals surface area contributed by atoms with E-state index in [0.717, 1.165) is 6.42 Å². The van der Waals surface area contributed by atoms with Crippen LogP contribution in [0.1, 0.15) is 31.2 Å². The van der Waals surface area contributed by atoms with Crippen LogP contribution in [0.25, 0.3) is 0 Å². The normalized spacial score (nSPS) is 19.9. The number of anilines is 2. The molecule has 2 aromatic rings. The number of nitrogens with zero attached hydrogens (tertiary/aromatic N) is 1. The number of hydrogen-bond donors (Lipinski definition) is 1.